The lowest BCUT2D eigenvalue weighted by molar-refractivity contribution is 0.122. The van der Waals surface area contributed by atoms with Crippen LogP contribution in [0.5, 0.6) is 0 Å². The third kappa shape index (κ3) is 3.45. The molecule has 1 aliphatic heterocycles. The summed E-state index contributed by atoms with van der Waals surface area (Å²) in [6.45, 7) is 6.90. The monoisotopic (exact) mass is 372 g/mol. The van der Waals surface area contributed by atoms with Gasteiger partial charge in [-0.25, -0.2) is 0 Å². The number of hydrogen-bond acceptors (Lipinski definition) is 8. The molecule has 1 aromatic carbocycles. The highest BCUT2D eigenvalue weighted by molar-refractivity contribution is 7.98. The second-order valence-corrected chi connectivity index (χ2v) is 6.97. The molecule has 4 rings (SSSR count). The Morgan fingerprint density at radius 1 is 1.12 bits per heavy atom. The maximum Gasteiger partial charge on any atom is 0.237 e. The van der Waals surface area contributed by atoms with Gasteiger partial charge >= 0.3 is 0 Å². The van der Waals surface area contributed by atoms with Crippen molar-refractivity contribution >= 4 is 17.7 Å². The van der Waals surface area contributed by atoms with Crippen LogP contribution in [-0.4, -0.2) is 51.2 Å². The van der Waals surface area contributed by atoms with Gasteiger partial charge < -0.3 is 14.2 Å². The molecular formula is C17H20N6O2S. The molecule has 9 heteroatoms. The topological polar surface area (TPSA) is 82.1 Å². The van der Waals surface area contributed by atoms with Gasteiger partial charge in [0.25, 0.3) is 0 Å². The molecule has 3 aromatic rings. The average Bonchev–Trinajstić information content (AvgIpc) is 3.27. The zero-order chi connectivity index (χ0) is 17.9. The van der Waals surface area contributed by atoms with Crippen LogP contribution in [-0.2, 0) is 10.5 Å². The maximum absolute atomic E-state index is 5.47. The van der Waals surface area contributed by atoms with Crippen LogP contribution in [0.1, 0.15) is 17.3 Å². The molecule has 0 radical (unpaired) electrons. The maximum atomic E-state index is 5.47. The van der Waals surface area contributed by atoms with E-state index >= 15 is 0 Å². The third-order valence-electron chi connectivity index (χ3n) is 4.16. The second-order valence-electron chi connectivity index (χ2n) is 6.03. The minimum absolute atomic E-state index is 0.550. The van der Waals surface area contributed by atoms with E-state index in [0.717, 1.165) is 35.4 Å². The molecule has 0 saturated carbocycles. The van der Waals surface area contributed by atoms with E-state index in [1.54, 1.807) is 0 Å². The van der Waals surface area contributed by atoms with Crippen molar-refractivity contribution in [2.45, 2.75) is 24.8 Å². The zero-order valence-electron chi connectivity index (χ0n) is 14.8. The molecule has 0 unspecified atom stereocenters. The molecule has 26 heavy (non-hydrogen) atoms. The van der Waals surface area contributed by atoms with Crippen LogP contribution in [0.2, 0.25) is 0 Å². The minimum Gasteiger partial charge on any atom is -0.378 e. The number of ether oxygens (including phenoxy) is 1. The van der Waals surface area contributed by atoms with Gasteiger partial charge in [0.15, 0.2) is 11.0 Å². The summed E-state index contributed by atoms with van der Waals surface area (Å²) in [5.74, 6) is 2.61. The van der Waals surface area contributed by atoms with E-state index in [-0.39, 0.29) is 0 Å². The number of aromatic nitrogens is 5. The Morgan fingerprint density at radius 3 is 2.65 bits per heavy atom. The highest BCUT2D eigenvalue weighted by atomic mass is 32.2. The van der Waals surface area contributed by atoms with Gasteiger partial charge in [0.2, 0.25) is 11.8 Å². The van der Waals surface area contributed by atoms with Crippen molar-refractivity contribution in [3.8, 4) is 5.69 Å². The summed E-state index contributed by atoms with van der Waals surface area (Å²) >= 11 is 1.54. The van der Waals surface area contributed by atoms with Crippen molar-refractivity contribution in [2.24, 2.45) is 0 Å². The van der Waals surface area contributed by atoms with Gasteiger partial charge in [0.05, 0.1) is 24.7 Å². The van der Waals surface area contributed by atoms with E-state index in [1.807, 2.05) is 19.1 Å². The lowest BCUT2D eigenvalue weighted by Gasteiger charge is -2.28. The predicted octanol–water partition coefficient (Wildman–Crippen LogP) is 2.40. The highest BCUT2D eigenvalue weighted by Crippen LogP contribution is 2.30. The third-order valence-corrected chi connectivity index (χ3v) is 5.07. The Hall–Kier alpha value is -2.39. The predicted molar refractivity (Wildman–Crippen MR) is 97.7 cm³/mol. The smallest absolute Gasteiger partial charge is 0.237 e. The van der Waals surface area contributed by atoms with Crippen LogP contribution in [0.3, 0.4) is 0 Å². The Labute approximate surface area is 155 Å². The molecule has 2 aromatic heterocycles. The number of rotatable bonds is 5. The van der Waals surface area contributed by atoms with Crippen LogP contribution in [0, 0.1) is 13.8 Å². The van der Waals surface area contributed by atoms with E-state index in [0.29, 0.717) is 30.7 Å². The van der Waals surface area contributed by atoms with Crippen LogP contribution in [0.15, 0.2) is 33.9 Å². The van der Waals surface area contributed by atoms with E-state index in [1.165, 1.54) is 11.8 Å². The van der Waals surface area contributed by atoms with Crippen molar-refractivity contribution in [1.29, 1.82) is 0 Å². The molecule has 1 fully saturated rings. The molecule has 0 N–H and O–H groups in total. The number of nitrogens with zero attached hydrogens (tertiary/aromatic N) is 6. The number of thioether (sulfide) groups is 1. The van der Waals surface area contributed by atoms with Gasteiger partial charge in [0, 0.05) is 13.1 Å². The summed E-state index contributed by atoms with van der Waals surface area (Å²) in [7, 11) is 0. The van der Waals surface area contributed by atoms with Crippen LogP contribution >= 0.6 is 11.8 Å². The normalized spacial score (nSPS) is 14.8. The van der Waals surface area contributed by atoms with Crippen molar-refractivity contribution in [1.82, 2.24) is 24.9 Å². The van der Waals surface area contributed by atoms with Gasteiger partial charge in [0.1, 0.15) is 0 Å². The summed E-state index contributed by atoms with van der Waals surface area (Å²) in [4.78, 5) is 6.47. The molecule has 1 aliphatic rings. The largest absolute Gasteiger partial charge is 0.378 e. The van der Waals surface area contributed by atoms with Gasteiger partial charge in [-0.2, -0.15) is 4.98 Å². The van der Waals surface area contributed by atoms with Crippen molar-refractivity contribution in [2.75, 3.05) is 31.2 Å². The fraction of sp³-hybridized carbons (Fsp3) is 0.412. The first-order valence-electron chi connectivity index (χ1n) is 8.48. The van der Waals surface area contributed by atoms with Crippen molar-refractivity contribution < 1.29 is 9.26 Å². The number of benzene rings is 1. The van der Waals surface area contributed by atoms with E-state index in [2.05, 4.69) is 48.9 Å². The first-order valence-corrected chi connectivity index (χ1v) is 9.47. The summed E-state index contributed by atoms with van der Waals surface area (Å²) in [6.07, 6.45) is 0. The molecule has 0 aliphatic carbocycles. The quantitative estimate of drug-likeness (QED) is 0.632. The Balaban J connectivity index is 1.69. The molecule has 1 saturated heterocycles. The SMILES string of the molecule is Cc1noc(CSc2nnc(N3CCOCC3)n2-c2ccccc2C)n1. The summed E-state index contributed by atoms with van der Waals surface area (Å²) in [6, 6.07) is 8.24. The standard InChI is InChI=1S/C17H20N6O2S/c1-12-5-3-4-6-14(12)23-16(22-7-9-24-10-8-22)19-20-17(23)26-11-15-18-13(2)21-25-15/h3-6H,7-11H2,1-2H3. The minimum atomic E-state index is 0.550. The first-order chi connectivity index (χ1) is 12.7. The van der Waals surface area contributed by atoms with Gasteiger partial charge in [-0.15, -0.1) is 10.2 Å². The number of anilines is 1. The Kier molecular flexibility index (Phi) is 4.89. The fourth-order valence-corrected chi connectivity index (χ4v) is 3.65. The van der Waals surface area contributed by atoms with Gasteiger partial charge in [-0.1, -0.05) is 35.1 Å². The van der Waals surface area contributed by atoms with Crippen molar-refractivity contribution in [3.05, 3.63) is 41.5 Å². The molecule has 0 spiro atoms. The number of aryl methyl sites for hydroxylation is 2. The molecule has 0 atom stereocenters. The second kappa shape index (κ2) is 7.46. The van der Waals surface area contributed by atoms with E-state index < -0.39 is 0 Å². The van der Waals surface area contributed by atoms with Crippen LogP contribution in [0.25, 0.3) is 5.69 Å². The Bertz CT molecular complexity index is 887. The zero-order valence-corrected chi connectivity index (χ0v) is 15.6. The van der Waals surface area contributed by atoms with E-state index in [9.17, 15) is 0 Å². The number of morpholine rings is 1. The molecule has 0 bridgehead atoms. The number of para-hydroxylation sites is 1. The molecule has 3 heterocycles. The average molecular weight is 372 g/mol. The highest BCUT2D eigenvalue weighted by Gasteiger charge is 2.23. The summed E-state index contributed by atoms with van der Waals surface area (Å²) < 4.78 is 12.8. The van der Waals surface area contributed by atoms with Gasteiger partial charge in [-0.05, 0) is 25.5 Å². The number of hydrogen-bond donors (Lipinski definition) is 0. The van der Waals surface area contributed by atoms with Crippen LogP contribution in [0.4, 0.5) is 5.95 Å². The lowest BCUT2D eigenvalue weighted by Crippen LogP contribution is -2.38. The van der Waals surface area contributed by atoms with E-state index in [4.69, 9.17) is 9.26 Å². The first kappa shape index (κ1) is 17.0. The van der Waals surface area contributed by atoms with Crippen molar-refractivity contribution in [3.63, 3.8) is 0 Å². The molecular weight excluding hydrogens is 352 g/mol. The van der Waals surface area contributed by atoms with Gasteiger partial charge in [-0.3, -0.25) is 4.57 Å². The molecule has 8 nitrogen and oxygen atoms in total. The molecule has 136 valence electrons. The summed E-state index contributed by atoms with van der Waals surface area (Å²) in [5.41, 5.74) is 2.24. The molecule has 0 amide bonds. The Morgan fingerprint density at radius 2 is 1.92 bits per heavy atom. The lowest BCUT2D eigenvalue weighted by atomic mass is 10.2. The van der Waals surface area contributed by atoms with Crippen LogP contribution < -0.4 is 4.90 Å². The fourth-order valence-electron chi connectivity index (χ4n) is 2.87. The summed E-state index contributed by atoms with van der Waals surface area (Å²) in [5, 5.41) is 13.5.